The molecule has 0 aromatic heterocycles. The first-order valence-electron chi connectivity index (χ1n) is 2.36. The first-order chi connectivity index (χ1) is 3.80. The summed E-state index contributed by atoms with van der Waals surface area (Å²) in [7, 11) is 0. The molecule has 1 rings (SSSR count). The van der Waals surface area contributed by atoms with Gasteiger partial charge in [-0.1, -0.05) is 12.2 Å². The Balaban J connectivity index is 2.39. The molecule has 0 aliphatic carbocycles. The molecule has 46 valence electrons. The van der Waals surface area contributed by atoms with Gasteiger partial charge in [-0.25, -0.2) is 0 Å². The van der Waals surface area contributed by atoms with Gasteiger partial charge < -0.3 is 5.11 Å². The molecule has 0 radical (unpaired) electrons. The Kier molecular flexibility index (Phi) is 1.90. The number of aliphatic hydroxyl groups excluding tert-OH is 1. The molecule has 0 spiro atoms. The van der Waals surface area contributed by atoms with E-state index in [-0.39, 0.29) is 6.61 Å². The minimum absolute atomic E-state index is 0.277. The first kappa shape index (κ1) is 6.10. The molecule has 0 aromatic rings. The summed E-state index contributed by atoms with van der Waals surface area (Å²) in [6, 6.07) is 0. The van der Waals surface area contributed by atoms with Gasteiger partial charge in [-0.05, 0) is 0 Å². The Bertz CT molecular complexity index is 106. The lowest BCUT2D eigenvalue weighted by atomic mass is 10.2. The lowest BCUT2D eigenvalue weighted by molar-refractivity contribution is -0.00779. The average molecular weight is 133 g/mol. The Morgan fingerprint density at radius 1 is 1.88 bits per heavy atom. The smallest absolute Gasteiger partial charge is 0.112 e. The van der Waals surface area contributed by atoms with Gasteiger partial charge in [0.05, 0.1) is 13.2 Å². The van der Waals surface area contributed by atoms with E-state index in [1.807, 2.05) is 0 Å². The van der Waals surface area contributed by atoms with E-state index in [1.54, 1.807) is 0 Å². The van der Waals surface area contributed by atoms with Gasteiger partial charge in [0.25, 0.3) is 0 Å². The fourth-order valence-electron chi connectivity index (χ4n) is 0.471. The predicted octanol–water partition coefficient (Wildman–Crippen LogP) is -0.748. The van der Waals surface area contributed by atoms with Crippen molar-refractivity contribution in [1.29, 1.82) is 0 Å². The quantitative estimate of drug-likeness (QED) is 0.427. The molecule has 0 amide bonds. The van der Waals surface area contributed by atoms with Crippen LogP contribution in [0.4, 0.5) is 0 Å². The minimum Gasteiger partial charge on any atom is -0.385 e. The van der Waals surface area contributed by atoms with Crippen molar-refractivity contribution in [3.05, 3.63) is 0 Å². The van der Waals surface area contributed by atoms with Crippen LogP contribution in [0.5, 0.6) is 0 Å². The molecule has 0 aromatic carbocycles. The van der Waals surface area contributed by atoms with Gasteiger partial charge in [-0.15, -0.1) is 0 Å². The third-order valence-corrected chi connectivity index (χ3v) is 1.38. The number of nitrogens with one attached hydrogen (secondary N) is 1. The molecule has 3 nitrogen and oxygen atoms in total. The number of aliphatic hydroxyl groups is 1. The second kappa shape index (κ2) is 2.50. The topological polar surface area (TPSA) is 41.5 Å². The van der Waals surface area contributed by atoms with Crippen molar-refractivity contribution in [2.75, 3.05) is 13.2 Å². The molecule has 1 unspecified atom stereocenters. The van der Waals surface area contributed by atoms with Crippen LogP contribution in [0, 0.1) is 0 Å². The molecule has 1 fully saturated rings. The predicted molar refractivity (Wildman–Crippen MR) is 32.6 cm³/mol. The van der Waals surface area contributed by atoms with E-state index in [2.05, 4.69) is 10.3 Å². The Hall–Kier alpha value is -0.0300. The van der Waals surface area contributed by atoms with E-state index in [1.165, 1.54) is 0 Å². The normalized spacial score (nSPS) is 30.6. The van der Waals surface area contributed by atoms with Crippen molar-refractivity contribution < 1.29 is 9.94 Å². The van der Waals surface area contributed by atoms with Gasteiger partial charge in [-0.2, -0.15) is 5.48 Å². The number of thiocarbonyl (C=S) groups is 1. The summed E-state index contributed by atoms with van der Waals surface area (Å²) < 4.78 is 0. The van der Waals surface area contributed by atoms with Crippen molar-refractivity contribution in [1.82, 2.24) is 5.48 Å². The van der Waals surface area contributed by atoms with E-state index in [4.69, 9.17) is 17.3 Å². The number of hydrogen-bond donors (Lipinski definition) is 2. The molecule has 0 saturated carbocycles. The number of hydroxylamine groups is 1. The van der Waals surface area contributed by atoms with Crippen molar-refractivity contribution in [2.24, 2.45) is 0 Å². The summed E-state index contributed by atoms with van der Waals surface area (Å²) in [5, 5.41) is 8.87. The van der Waals surface area contributed by atoms with Crippen LogP contribution in [0.25, 0.3) is 0 Å². The Morgan fingerprint density at radius 3 is 3.00 bits per heavy atom. The second-order valence-electron chi connectivity index (χ2n) is 1.61. The van der Waals surface area contributed by atoms with Crippen molar-refractivity contribution in [3.8, 4) is 0 Å². The molecular weight excluding hydrogens is 126 g/mol. The Labute approximate surface area is 52.6 Å². The Morgan fingerprint density at radius 2 is 2.62 bits per heavy atom. The molecule has 4 heteroatoms. The third kappa shape index (κ3) is 1.23. The highest BCUT2D eigenvalue weighted by Crippen LogP contribution is 1.93. The van der Waals surface area contributed by atoms with Crippen LogP contribution in [0.15, 0.2) is 0 Å². The van der Waals surface area contributed by atoms with Crippen LogP contribution in [-0.4, -0.2) is 29.2 Å². The van der Waals surface area contributed by atoms with Gasteiger partial charge >= 0.3 is 0 Å². The molecule has 2 N–H and O–H groups in total. The molecule has 1 aliphatic rings. The SMILES string of the molecule is OC1CONCC1=S. The molecule has 1 saturated heterocycles. The highest BCUT2D eigenvalue weighted by molar-refractivity contribution is 7.80. The summed E-state index contributed by atoms with van der Waals surface area (Å²) in [6.07, 6.45) is -0.550. The molecule has 1 aliphatic heterocycles. The largest absolute Gasteiger partial charge is 0.385 e. The lowest BCUT2D eigenvalue weighted by Crippen LogP contribution is -2.41. The molecule has 1 heterocycles. The standard InChI is InChI=1S/C4H7NO2S/c6-3-2-7-5-1-4(3)8/h3,5-6H,1-2H2. The van der Waals surface area contributed by atoms with Crippen molar-refractivity contribution in [3.63, 3.8) is 0 Å². The van der Waals surface area contributed by atoms with Gasteiger partial charge in [0.2, 0.25) is 0 Å². The maximum Gasteiger partial charge on any atom is 0.112 e. The number of rotatable bonds is 0. The van der Waals surface area contributed by atoms with Crippen LogP contribution in [0.3, 0.4) is 0 Å². The second-order valence-corrected chi connectivity index (χ2v) is 2.14. The highest BCUT2D eigenvalue weighted by atomic mass is 32.1. The minimum atomic E-state index is -0.550. The zero-order chi connectivity index (χ0) is 5.98. The van der Waals surface area contributed by atoms with Crippen LogP contribution in [-0.2, 0) is 4.84 Å². The van der Waals surface area contributed by atoms with Gasteiger partial charge in [0.1, 0.15) is 6.10 Å². The van der Waals surface area contributed by atoms with Crippen LogP contribution in [0.1, 0.15) is 0 Å². The van der Waals surface area contributed by atoms with Crippen LogP contribution in [0.2, 0.25) is 0 Å². The zero-order valence-electron chi connectivity index (χ0n) is 4.26. The lowest BCUT2D eigenvalue weighted by Gasteiger charge is -2.18. The van der Waals surface area contributed by atoms with Crippen molar-refractivity contribution >= 4 is 17.1 Å². The molecule has 1 atom stereocenters. The summed E-state index contributed by atoms with van der Waals surface area (Å²) in [5.41, 5.74) is 2.56. The molecular formula is C4H7NO2S. The maximum absolute atomic E-state index is 8.87. The average Bonchev–Trinajstić information content (AvgIpc) is 1.77. The summed E-state index contributed by atoms with van der Waals surface area (Å²) in [4.78, 5) is 5.29. The molecule has 8 heavy (non-hydrogen) atoms. The zero-order valence-corrected chi connectivity index (χ0v) is 5.07. The van der Waals surface area contributed by atoms with E-state index < -0.39 is 6.10 Å². The van der Waals surface area contributed by atoms with E-state index in [0.717, 1.165) is 0 Å². The van der Waals surface area contributed by atoms with Gasteiger partial charge in [0, 0.05) is 4.86 Å². The first-order valence-corrected chi connectivity index (χ1v) is 2.77. The summed E-state index contributed by atoms with van der Waals surface area (Å²) >= 11 is 4.74. The third-order valence-electron chi connectivity index (χ3n) is 0.961. The van der Waals surface area contributed by atoms with Crippen LogP contribution >= 0.6 is 12.2 Å². The van der Waals surface area contributed by atoms with Crippen molar-refractivity contribution in [2.45, 2.75) is 6.10 Å². The fraction of sp³-hybridized carbons (Fsp3) is 0.750. The maximum atomic E-state index is 8.87. The van der Waals surface area contributed by atoms with Gasteiger partial charge in [-0.3, -0.25) is 4.84 Å². The van der Waals surface area contributed by atoms with Crippen LogP contribution < -0.4 is 5.48 Å². The number of hydrogen-bond acceptors (Lipinski definition) is 4. The monoisotopic (exact) mass is 133 g/mol. The van der Waals surface area contributed by atoms with E-state index in [0.29, 0.717) is 11.4 Å². The summed E-state index contributed by atoms with van der Waals surface area (Å²) in [6.45, 7) is 0.759. The van der Waals surface area contributed by atoms with Gasteiger partial charge in [0.15, 0.2) is 0 Å². The fourth-order valence-corrected chi connectivity index (χ4v) is 0.598. The highest BCUT2D eigenvalue weighted by Gasteiger charge is 2.14. The summed E-state index contributed by atoms with van der Waals surface area (Å²) in [5.74, 6) is 0. The van der Waals surface area contributed by atoms with E-state index >= 15 is 0 Å². The molecule has 0 bridgehead atoms. The van der Waals surface area contributed by atoms with E-state index in [9.17, 15) is 0 Å².